The molecule has 2 aromatic carbocycles. The summed E-state index contributed by atoms with van der Waals surface area (Å²) in [6.45, 7) is 4.51. The normalized spacial score (nSPS) is 12.2. The van der Waals surface area contributed by atoms with Gasteiger partial charge in [-0.3, -0.25) is 0 Å². The summed E-state index contributed by atoms with van der Waals surface area (Å²) >= 11 is 6.91. The van der Waals surface area contributed by atoms with Gasteiger partial charge in [0, 0.05) is 14.5 Å². The van der Waals surface area contributed by atoms with Crippen molar-refractivity contribution >= 4 is 31.9 Å². The van der Waals surface area contributed by atoms with E-state index in [0.717, 1.165) is 31.4 Å². The van der Waals surface area contributed by atoms with Crippen molar-refractivity contribution in [3.8, 4) is 5.75 Å². The average Bonchev–Trinajstić information content (AvgIpc) is 2.40. The molecule has 0 aliphatic carbocycles. The van der Waals surface area contributed by atoms with Gasteiger partial charge in [0.2, 0.25) is 0 Å². The Hall–Kier alpha value is -0.840. The van der Waals surface area contributed by atoms with E-state index in [-0.39, 0.29) is 0 Å². The lowest BCUT2D eigenvalue weighted by Gasteiger charge is -2.18. The lowest BCUT2D eigenvalue weighted by Crippen LogP contribution is -2.05. The zero-order valence-electron chi connectivity index (χ0n) is 11.4. The van der Waals surface area contributed by atoms with Crippen molar-refractivity contribution in [3.63, 3.8) is 0 Å². The molecule has 0 saturated heterocycles. The highest BCUT2D eigenvalue weighted by Gasteiger charge is 2.18. The fourth-order valence-electron chi connectivity index (χ4n) is 2.06. The Balaban J connectivity index is 2.46. The van der Waals surface area contributed by atoms with Gasteiger partial charge in [0.25, 0.3) is 0 Å². The first-order valence-corrected chi connectivity index (χ1v) is 7.98. The molecule has 0 amide bonds. The maximum atomic E-state index is 10.7. The number of hydrogen-bond acceptors (Lipinski definition) is 2. The van der Waals surface area contributed by atoms with Crippen molar-refractivity contribution in [2.45, 2.75) is 20.0 Å². The number of halogens is 2. The van der Waals surface area contributed by atoms with E-state index in [2.05, 4.69) is 31.9 Å². The van der Waals surface area contributed by atoms with Gasteiger partial charge in [-0.2, -0.15) is 0 Å². The van der Waals surface area contributed by atoms with Crippen LogP contribution in [0.3, 0.4) is 0 Å². The van der Waals surface area contributed by atoms with E-state index in [1.807, 2.05) is 50.2 Å². The summed E-state index contributed by atoms with van der Waals surface area (Å²) in [5.74, 6) is 0.723. The van der Waals surface area contributed by atoms with Gasteiger partial charge in [-0.1, -0.05) is 49.6 Å². The lowest BCUT2D eigenvalue weighted by atomic mass is 9.99. The highest BCUT2D eigenvalue weighted by molar-refractivity contribution is 9.11. The summed E-state index contributed by atoms with van der Waals surface area (Å²) in [5.41, 5.74) is 2.70. The molecule has 0 bridgehead atoms. The summed E-state index contributed by atoms with van der Waals surface area (Å²) in [5, 5.41) is 10.7. The van der Waals surface area contributed by atoms with Crippen LogP contribution in [0.25, 0.3) is 0 Å². The number of aliphatic hydroxyl groups excluding tert-OH is 1. The van der Waals surface area contributed by atoms with Crippen LogP contribution in [-0.4, -0.2) is 11.7 Å². The molecule has 0 aliphatic rings. The Morgan fingerprint density at radius 1 is 1.10 bits per heavy atom. The van der Waals surface area contributed by atoms with Gasteiger partial charge in [-0.05, 0) is 43.7 Å². The monoisotopic (exact) mass is 398 g/mol. The van der Waals surface area contributed by atoms with Crippen molar-refractivity contribution in [3.05, 3.63) is 62.0 Å². The molecule has 0 saturated carbocycles. The van der Waals surface area contributed by atoms with Crippen LogP contribution in [0, 0.1) is 6.92 Å². The van der Waals surface area contributed by atoms with Crippen molar-refractivity contribution in [1.29, 1.82) is 0 Å². The molecule has 0 aliphatic heterocycles. The Labute approximate surface area is 136 Å². The van der Waals surface area contributed by atoms with E-state index in [0.29, 0.717) is 6.61 Å². The minimum Gasteiger partial charge on any atom is -0.493 e. The number of hydrogen-bond donors (Lipinski definition) is 1. The van der Waals surface area contributed by atoms with Crippen LogP contribution in [0.15, 0.2) is 45.3 Å². The second kappa shape index (κ2) is 6.74. The first-order chi connectivity index (χ1) is 9.52. The smallest absolute Gasteiger partial charge is 0.125 e. The number of benzene rings is 2. The summed E-state index contributed by atoms with van der Waals surface area (Å²) in [6, 6.07) is 11.6. The van der Waals surface area contributed by atoms with Crippen LogP contribution < -0.4 is 4.74 Å². The minimum absolute atomic E-state index is 0.574. The topological polar surface area (TPSA) is 29.5 Å². The first kappa shape index (κ1) is 15.5. The molecule has 1 atom stereocenters. The predicted molar refractivity (Wildman–Crippen MR) is 88.3 cm³/mol. The van der Waals surface area contributed by atoms with Gasteiger partial charge < -0.3 is 9.84 Å². The molecule has 4 heteroatoms. The molecule has 0 spiro atoms. The molecule has 0 aromatic heterocycles. The predicted octanol–water partition coefficient (Wildman–Crippen LogP) is 5.00. The SMILES string of the molecule is CCOc1ccc(C)cc1C(O)c1ccc(Br)cc1Br. The number of aliphatic hydroxyl groups is 1. The largest absolute Gasteiger partial charge is 0.493 e. The van der Waals surface area contributed by atoms with Crippen molar-refractivity contribution in [1.82, 2.24) is 0 Å². The molecular formula is C16H16Br2O2. The van der Waals surface area contributed by atoms with Crippen LogP contribution in [0.4, 0.5) is 0 Å². The van der Waals surface area contributed by atoms with Gasteiger partial charge in [-0.25, -0.2) is 0 Å². The maximum Gasteiger partial charge on any atom is 0.125 e. The van der Waals surface area contributed by atoms with Gasteiger partial charge >= 0.3 is 0 Å². The fraction of sp³-hybridized carbons (Fsp3) is 0.250. The first-order valence-electron chi connectivity index (χ1n) is 6.39. The third-order valence-corrected chi connectivity index (χ3v) is 4.20. The lowest BCUT2D eigenvalue weighted by molar-refractivity contribution is 0.211. The van der Waals surface area contributed by atoms with Gasteiger partial charge in [0.1, 0.15) is 11.9 Å². The van der Waals surface area contributed by atoms with E-state index in [1.165, 1.54) is 0 Å². The van der Waals surface area contributed by atoms with Crippen LogP contribution in [0.2, 0.25) is 0 Å². The minimum atomic E-state index is -0.723. The molecule has 2 aromatic rings. The van der Waals surface area contributed by atoms with Crippen molar-refractivity contribution in [2.24, 2.45) is 0 Å². The van der Waals surface area contributed by atoms with E-state index in [1.54, 1.807) is 0 Å². The molecule has 0 radical (unpaired) electrons. The third kappa shape index (κ3) is 3.43. The average molecular weight is 400 g/mol. The van der Waals surface area contributed by atoms with Crippen LogP contribution in [0.1, 0.15) is 29.7 Å². The highest BCUT2D eigenvalue weighted by Crippen LogP contribution is 2.35. The standard InChI is InChI=1S/C16H16Br2O2/c1-3-20-15-7-4-10(2)8-13(15)16(19)12-6-5-11(17)9-14(12)18/h4-9,16,19H,3H2,1-2H3. The third-order valence-electron chi connectivity index (χ3n) is 3.02. The van der Waals surface area contributed by atoms with Gasteiger partial charge in [0.15, 0.2) is 0 Å². The quantitative estimate of drug-likeness (QED) is 0.783. The van der Waals surface area contributed by atoms with Crippen LogP contribution >= 0.6 is 31.9 Å². The Bertz CT molecular complexity index is 611. The summed E-state index contributed by atoms with van der Waals surface area (Å²) in [6.07, 6.45) is -0.723. The Kier molecular flexibility index (Phi) is 5.24. The molecule has 0 fully saturated rings. The maximum absolute atomic E-state index is 10.7. The fourth-order valence-corrected chi connectivity index (χ4v) is 3.32. The molecule has 1 N–H and O–H groups in total. The van der Waals surface area contributed by atoms with E-state index in [9.17, 15) is 5.11 Å². The zero-order chi connectivity index (χ0) is 14.7. The second-order valence-corrected chi connectivity index (χ2v) is 6.31. The molecule has 2 rings (SSSR count). The second-order valence-electron chi connectivity index (χ2n) is 4.54. The number of aryl methyl sites for hydroxylation is 1. The Morgan fingerprint density at radius 2 is 1.85 bits per heavy atom. The van der Waals surface area contributed by atoms with E-state index >= 15 is 0 Å². The van der Waals surface area contributed by atoms with E-state index < -0.39 is 6.10 Å². The van der Waals surface area contributed by atoms with Crippen LogP contribution in [0.5, 0.6) is 5.75 Å². The van der Waals surface area contributed by atoms with Crippen LogP contribution in [-0.2, 0) is 0 Å². The Morgan fingerprint density at radius 3 is 2.50 bits per heavy atom. The van der Waals surface area contributed by atoms with Crippen molar-refractivity contribution < 1.29 is 9.84 Å². The molecular weight excluding hydrogens is 384 g/mol. The summed E-state index contributed by atoms with van der Waals surface area (Å²) in [7, 11) is 0. The molecule has 2 nitrogen and oxygen atoms in total. The van der Waals surface area contributed by atoms with E-state index in [4.69, 9.17) is 4.74 Å². The highest BCUT2D eigenvalue weighted by atomic mass is 79.9. The molecule has 106 valence electrons. The zero-order valence-corrected chi connectivity index (χ0v) is 14.5. The van der Waals surface area contributed by atoms with Gasteiger partial charge in [0.05, 0.1) is 6.61 Å². The molecule has 20 heavy (non-hydrogen) atoms. The number of rotatable bonds is 4. The van der Waals surface area contributed by atoms with Crippen molar-refractivity contribution in [2.75, 3.05) is 6.61 Å². The number of ether oxygens (including phenoxy) is 1. The molecule has 1 unspecified atom stereocenters. The summed E-state index contributed by atoms with van der Waals surface area (Å²) in [4.78, 5) is 0. The molecule has 0 heterocycles. The summed E-state index contributed by atoms with van der Waals surface area (Å²) < 4.78 is 7.45. The van der Waals surface area contributed by atoms with Gasteiger partial charge in [-0.15, -0.1) is 0 Å².